The fourth-order valence-corrected chi connectivity index (χ4v) is 0.761. The summed E-state index contributed by atoms with van der Waals surface area (Å²) in [5.41, 5.74) is 0. The van der Waals surface area contributed by atoms with Gasteiger partial charge in [-0.3, -0.25) is 0 Å². The Bertz CT molecular complexity index is 141. The van der Waals surface area contributed by atoms with Crippen LogP contribution >= 0.6 is 0 Å². The van der Waals surface area contributed by atoms with Crippen LogP contribution in [0.4, 0.5) is 0 Å². The second-order valence-corrected chi connectivity index (χ2v) is 2.92. The third-order valence-electron chi connectivity index (χ3n) is 1.82. The lowest BCUT2D eigenvalue weighted by Gasteiger charge is -2.01. The largest absolute Gasteiger partial charge is 0.198 e. The number of rotatable bonds is 5. The molecule has 1 heteroatoms. The molecule has 0 aliphatic rings. The van der Waals surface area contributed by atoms with Crippen molar-refractivity contribution in [2.75, 3.05) is 0 Å². The van der Waals surface area contributed by atoms with Crippen molar-refractivity contribution in [1.29, 1.82) is 5.26 Å². The first-order valence-electron chi connectivity index (χ1n) is 4.33. The quantitative estimate of drug-likeness (QED) is 0.437. The molecule has 1 atom stereocenters. The molecule has 0 saturated carbocycles. The van der Waals surface area contributed by atoms with Crippen molar-refractivity contribution < 1.29 is 0 Å². The first-order valence-corrected chi connectivity index (χ1v) is 4.33. The highest BCUT2D eigenvalue weighted by molar-refractivity contribution is 4.86. The third kappa shape index (κ3) is 7.12. The third-order valence-corrected chi connectivity index (χ3v) is 1.82. The first kappa shape index (κ1) is 10.2. The lowest BCUT2D eigenvalue weighted by Crippen LogP contribution is -1.87. The van der Waals surface area contributed by atoms with Crippen molar-refractivity contribution in [3.05, 3.63) is 12.2 Å². The number of allylic oxidation sites excluding steroid dienone is 2. The Labute approximate surface area is 69.7 Å². The highest BCUT2D eigenvalue weighted by Gasteiger charge is 1.92. The van der Waals surface area contributed by atoms with Crippen LogP contribution in [0.25, 0.3) is 0 Å². The zero-order valence-electron chi connectivity index (χ0n) is 7.51. The molecule has 0 N–H and O–H groups in total. The van der Waals surface area contributed by atoms with E-state index in [0.29, 0.717) is 6.42 Å². The molecule has 0 rings (SSSR count). The highest BCUT2D eigenvalue weighted by Crippen LogP contribution is 2.06. The molecule has 0 aromatic rings. The maximum Gasteiger partial charge on any atom is 0.0624 e. The van der Waals surface area contributed by atoms with Crippen LogP contribution in [-0.2, 0) is 0 Å². The summed E-state index contributed by atoms with van der Waals surface area (Å²) in [6.45, 7) is 4.45. The molecule has 0 aromatic heterocycles. The van der Waals surface area contributed by atoms with Crippen LogP contribution in [0.2, 0.25) is 0 Å². The Morgan fingerprint density at radius 3 is 2.73 bits per heavy atom. The van der Waals surface area contributed by atoms with E-state index in [1.54, 1.807) is 0 Å². The maximum atomic E-state index is 8.24. The van der Waals surface area contributed by atoms with Crippen LogP contribution < -0.4 is 0 Å². The van der Waals surface area contributed by atoms with Gasteiger partial charge in [-0.2, -0.15) is 5.26 Å². The van der Waals surface area contributed by atoms with E-state index in [0.717, 1.165) is 18.8 Å². The van der Waals surface area contributed by atoms with Crippen LogP contribution in [0.1, 0.15) is 39.5 Å². The number of unbranched alkanes of at least 4 members (excludes halogenated alkanes) is 1. The fourth-order valence-electron chi connectivity index (χ4n) is 0.761. The molecular formula is C10H17N. The van der Waals surface area contributed by atoms with E-state index in [2.05, 4.69) is 32.1 Å². The van der Waals surface area contributed by atoms with E-state index in [1.165, 1.54) is 6.42 Å². The normalized spacial score (nSPS) is 13.2. The Kier molecular flexibility index (Phi) is 6.82. The Balaban J connectivity index is 3.23. The summed E-state index contributed by atoms with van der Waals surface area (Å²) >= 11 is 0. The van der Waals surface area contributed by atoms with Crippen molar-refractivity contribution in [1.82, 2.24) is 0 Å². The van der Waals surface area contributed by atoms with Crippen LogP contribution in [-0.4, -0.2) is 0 Å². The second kappa shape index (κ2) is 7.34. The van der Waals surface area contributed by atoms with Crippen molar-refractivity contribution in [3.63, 3.8) is 0 Å². The average Bonchev–Trinajstić information content (AvgIpc) is 2.04. The van der Waals surface area contributed by atoms with Crippen LogP contribution in [0.3, 0.4) is 0 Å². The van der Waals surface area contributed by atoms with Crippen molar-refractivity contribution >= 4 is 0 Å². The second-order valence-electron chi connectivity index (χ2n) is 2.92. The molecule has 0 heterocycles. The monoisotopic (exact) mass is 151 g/mol. The van der Waals surface area contributed by atoms with Gasteiger partial charge in [-0.15, -0.1) is 0 Å². The summed E-state index contributed by atoms with van der Waals surface area (Å²) in [6.07, 6.45) is 8.25. The summed E-state index contributed by atoms with van der Waals surface area (Å²) in [7, 11) is 0. The van der Waals surface area contributed by atoms with Gasteiger partial charge in [0, 0.05) is 6.42 Å². The van der Waals surface area contributed by atoms with Crippen LogP contribution in [0, 0.1) is 17.2 Å². The van der Waals surface area contributed by atoms with Gasteiger partial charge < -0.3 is 0 Å². The molecule has 0 aromatic carbocycles. The van der Waals surface area contributed by atoms with Gasteiger partial charge >= 0.3 is 0 Å². The topological polar surface area (TPSA) is 23.8 Å². The standard InChI is InChI=1S/C10H17N/c1-3-10(2)8-6-4-5-7-9-11/h4,6,10H,3,5,7-8H2,1-2H3. The summed E-state index contributed by atoms with van der Waals surface area (Å²) in [4.78, 5) is 0. The smallest absolute Gasteiger partial charge is 0.0624 e. The summed E-state index contributed by atoms with van der Waals surface area (Å²) in [5.74, 6) is 0.785. The van der Waals surface area contributed by atoms with E-state index in [1.807, 2.05) is 0 Å². The molecule has 0 aliphatic carbocycles. The molecule has 1 nitrogen and oxygen atoms in total. The van der Waals surface area contributed by atoms with Crippen LogP contribution in [0.15, 0.2) is 12.2 Å². The van der Waals surface area contributed by atoms with Gasteiger partial charge in [0.15, 0.2) is 0 Å². The molecule has 62 valence electrons. The van der Waals surface area contributed by atoms with E-state index in [4.69, 9.17) is 5.26 Å². The van der Waals surface area contributed by atoms with Crippen molar-refractivity contribution in [2.45, 2.75) is 39.5 Å². The molecule has 0 aliphatic heterocycles. The SMILES string of the molecule is CCC(C)CC=CCCC#N. The zero-order chi connectivity index (χ0) is 8.53. The minimum atomic E-state index is 0.650. The maximum absolute atomic E-state index is 8.24. The lowest BCUT2D eigenvalue weighted by molar-refractivity contribution is 0.571. The molecule has 0 bridgehead atoms. The predicted molar refractivity (Wildman–Crippen MR) is 48.1 cm³/mol. The summed E-state index contributed by atoms with van der Waals surface area (Å²) in [6, 6.07) is 2.12. The molecular weight excluding hydrogens is 134 g/mol. The van der Waals surface area contributed by atoms with Gasteiger partial charge in [0.1, 0.15) is 0 Å². The fraction of sp³-hybridized carbons (Fsp3) is 0.700. The van der Waals surface area contributed by atoms with E-state index < -0.39 is 0 Å². The van der Waals surface area contributed by atoms with Gasteiger partial charge in [0.2, 0.25) is 0 Å². The number of nitrogens with zero attached hydrogens (tertiary/aromatic N) is 1. The summed E-state index contributed by atoms with van der Waals surface area (Å²) < 4.78 is 0. The molecule has 0 radical (unpaired) electrons. The lowest BCUT2D eigenvalue weighted by atomic mass is 10.1. The Morgan fingerprint density at radius 2 is 2.18 bits per heavy atom. The molecule has 11 heavy (non-hydrogen) atoms. The number of nitriles is 1. The number of hydrogen-bond donors (Lipinski definition) is 0. The van der Waals surface area contributed by atoms with E-state index in [9.17, 15) is 0 Å². The molecule has 0 spiro atoms. The van der Waals surface area contributed by atoms with Crippen molar-refractivity contribution in [2.24, 2.45) is 5.92 Å². The van der Waals surface area contributed by atoms with Gasteiger partial charge in [0.25, 0.3) is 0 Å². The first-order chi connectivity index (χ1) is 5.31. The van der Waals surface area contributed by atoms with Gasteiger partial charge in [-0.1, -0.05) is 32.4 Å². The van der Waals surface area contributed by atoms with Gasteiger partial charge in [-0.25, -0.2) is 0 Å². The van der Waals surface area contributed by atoms with Gasteiger partial charge in [0.05, 0.1) is 6.07 Å². The van der Waals surface area contributed by atoms with Gasteiger partial charge in [-0.05, 0) is 18.8 Å². The average molecular weight is 151 g/mol. The zero-order valence-corrected chi connectivity index (χ0v) is 7.51. The van der Waals surface area contributed by atoms with Crippen LogP contribution in [0.5, 0.6) is 0 Å². The van der Waals surface area contributed by atoms with Crippen molar-refractivity contribution in [3.8, 4) is 6.07 Å². The minimum absolute atomic E-state index is 0.650. The van der Waals surface area contributed by atoms with E-state index >= 15 is 0 Å². The Morgan fingerprint density at radius 1 is 1.45 bits per heavy atom. The predicted octanol–water partition coefficient (Wildman–Crippen LogP) is 3.28. The Hall–Kier alpha value is -0.770. The highest BCUT2D eigenvalue weighted by atomic mass is 14.2. The summed E-state index contributed by atoms with van der Waals surface area (Å²) in [5, 5.41) is 8.24. The molecule has 0 amide bonds. The number of hydrogen-bond acceptors (Lipinski definition) is 1. The van der Waals surface area contributed by atoms with E-state index in [-0.39, 0.29) is 0 Å². The molecule has 0 fully saturated rings. The molecule has 1 unspecified atom stereocenters. The minimum Gasteiger partial charge on any atom is -0.198 e. The molecule has 0 saturated heterocycles.